The Labute approximate surface area is 158 Å². The van der Waals surface area contributed by atoms with Crippen molar-refractivity contribution in [1.82, 2.24) is 0 Å². The van der Waals surface area contributed by atoms with Gasteiger partial charge >= 0.3 is 0 Å². The average molecular weight is 374 g/mol. The maximum Gasteiger partial charge on any atom is 0.201 e. The molecule has 1 fully saturated rings. The van der Waals surface area contributed by atoms with Crippen molar-refractivity contribution in [2.45, 2.75) is 25.9 Å². The Morgan fingerprint density at radius 2 is 1.85 bits per heavy atom. The molecule has 5 heteroatoms. The summed E-state index contributed by atoms with van der Waals surface area (Å²) in [5, 5.41) is 0. The minimum Gasteiger partial charge on any atom is -0.494 e. The van der Waals surface area contributed by atoms with Crippen LogP contribution in [0.1, 0.15) is 19.8 Å². The van der Waals surface area contributed by atoms with Gasteiger partial charge in [0.1, 0.15) is 12.4 Å². The first-order valence-corrected chi connectivity index (χ1v) is 9.12. The Balaban J connectivity index is 1.59. The first-order valence-electron chi connectivity index (χ1n) is 9.12. The third kappa shape index (κ3) is 4.66. The van der Waals surface area contributed by atoms with Gasteiger partial charge in [0.05, 0.1) is 19.8 Å². The van der Waals surface area contributed by atoms with Crippen LogP contribution in [0, 0.1) is 17.6 Å². The summed E-state index contributed by atoms with van der Waals surface area (Å²) in [6, 6.07) is 9.85. The molecular formula is C22H24F2O3. The van der Waals surface area contributed by atoms with Crippen LogP contribution in [-0.4, -0.2) is 26.4 Å². The Morgan fingerprint density at radius 1 is 1.07 bits per heavy atom. The highest BCUT2D eigenvalue weighted by Crippen LogP contribution is 2.30. The van der Waals surface area contributed by atoms with E-state index in [2.05, 4.69) is 12.2 Å². The van der Waals surface area contributed by atoms with Crippen LogP contribution < -0.4 is 9.47 Å². The quantitative estimate of drug-likeness (QED) is 0.635. The van der Waals surface area contributed by atoms with E-state index in [1.807, 2.05) is 6.92 Å². The standard InChI is InChI=1S/C22H24F2O3/c1-3-4-15-5-8-18(26-13-15)14-27-17-9-6-16(7-10-17)19-11-12-20(25-2)22(24)21(19)23/h3-4,6-7,9-12,15,18H,5,8,13-14H2,1-2H3. The van der Waals surface area contributed by atoms with E-state index in [1.54, 1.807) is 24.3 Å². The molecule has 0 saturated carbocycles. The topological polar surface area (TPSA) is 27.7 Å². The Hall–Kier alpha value is -2.40. The minimum atomic E-state index is -0.985. The molecular weight excluding hydrogens is 350 g/mol. The molecule has 3 rings (SSSR count). The van der Waals surface area contributed by atoms with Gasteiger partial charge in [-0.2, -0.15) is 4.39 Å². The number of methoxy groups -OCH3 is 1. The van der Waals surface area contributed by atoms with E-state index >= 15 is 0 Å². The Morgan fingerprint density at radius 3 is 2.48 bits per heavy atom. The lowest BCUT2D eigenvalue weighted by molar-refractivity contribution is -0.0275. The third-order valence-corrected chi connectivity index (χ3v) is 4.74. The van der Waals surface area contributed by atoms with Gasteiger partial charge in [-0.1, -0.05) is 24.3 Å². The second-order valence-corrected chi connectivity index (χ2v) is 6.60. The molecule has 0 spiro atoms. The number of benzene rings is 2. The fourth-order valence-electron chi connectivity index (χ4n) is 3.21. The van der Waals surface area contributed by atoms with Gasteiger partial charge in [0.2, 0.25) is 5.82 Å². The van der Waals surface area contributed by atoms with Gasteiger partial charge in [-0.05, 0) is 49.6 Å². The van der Waals surface area contributed by atoms with Crippen LogP contribution in [-0.2, 0) is 4.74 Å². The zero-order valence-electron chi connectivity index (χ0n) is 15.6. The molecule has 0 N–H and O–H groups in total. The van der Waals surface area contributed by atoms with Crippen LogP contribution in [0.3, 0.4) is 0 Å². The van der Waals surface area contributed by atoms with Crippen LogP contribution in [0.2, 0.25) is 0 Å². The predicted molar refractivity (Wildman–Crippen MR) is 101 cm³/mol. The van der Waals surface area contributed by atoms with Crippen molar-refractivity contribution in [2.75, 3.05) is 20.3 Å². The number of hydrogen-bond donors (Lipinski definition) is 0. The lowest BCUT2D eigenvalue weighted by Crippen LogP contribution is -2.29. The van der Waals surface area contributed by atoms with E-state index < -0.39 is 11.6 Å². The molecule has 1 heterocycles. The van der Waals surface area contributed by atoms with Gasteiger partial charge in [0, 0.05) is 11.5 Å². The van der Waals surface area contributed by atoms with Gasteiger partial charge < -0.3 is 14.2 Å². The summed E-state index contributed by atoms with van der Waals surface area (Å²) in [5.74, 6) is -0.853. The van der Waals surface area contributed by atoms with Gasteiger partial charge in [-0.15, -0.1) is 0 Å². The van der Waals surface area contributed by atoms with Gasteiger partial charge in [-0.25, -0.2) is 4.39 Å². The van der Waals surface area contributed by atoms with E-state index in [0.29, 0.717) is 23.8 Å². The molecule has 0 aliphatic carbocycles. The van der Waals surface area contributed by atoms with E-state index in [1.165, 1.54) is 19.2 Å². The first-order chi connectivity index (χ1) is 13.1. The van der Waals surface area contributed by atoms with Crippen LogP contribution in [0.15, 0.2) is 48.6 Å². The summed E-state index contributed by atoms with van der Waals surface area (Å²) in [6.45, 7) is 3.22. The Kier molecular flexibility index (Phi) is 6.45. The highest BCUT2D eigenvalue weighted by atomic mass is 19.2. The van der Waals surface area contributed by atoms with E-state index in [0.717, 1.165) is 19.4 Å². The lowest BCUT2D eigenvalue weighted by Gasteiger charge is -2.27. The largest absolute Gasteiger partial charge is 0.494 e. The molecule has 0 bridgehead atoms. The van der Waals surface area contributed by atoms with Crippen LogP contribution in [0.4, 0.5) is 8.78 Å². The SMILES string of the molecule is CC=CC1CCC(COc2ccc(-c3ccc(OC)c(F)c3F)cc2)OC1. The molecule has 1 aliphatic heterocycles. The number of halogens is 2. The number of hydrogen-bond acceptors (Lipinski definition) is 3. The molecule has 2 aromatic carbocycles. The number of ether oxygens (including phenoxy) is 3. The summed E-state index contributed by atoms with van der Waals surface area (Å²) in [6.07, 6.45) is 6.38. The molecule has 1 aliphatic rings. The molecule has 27 heavy (non-hydrogen) atoms. The second-order valence-electron chi connectivity index (χ2n) is 6.60. The van der Waals surface area contributed by atoms with Crippen molar-refractivity contribution in [2.24, 2.45) is 5.92 Å². The zero-order valence-corrected chi connectivity index (χ0v) is 15.6. The fraction of sp³-hybridized carbons (Fsp3) is 0.364. The molecule has 0 radical (unpaired) electrons. The van der Waals surface area contributed by atoms with Crippen molar-refractivity contribution in [1.29, 1.82) is 0 Å². The first kappa shape index (κ1) is 19.4. The summed E-state index contributed by atoms with van der Waals surface area (Å²) in [7, 11) is 1.31. The van der Waals surface area contributed by atoms with Gasteiger partial charge in [0.15, 0.2) is 11.6 Å². The normalized spacial score (nSPS) is 20.0. The van der Waals surface area contributed by atoms with Crippen molar-refractivity contribution >= 4 is 0 Å². The second kappa shape index (κ2) is 9.00. The number of allylic oxidation sites excluding steroid dienone is 1. The van der Waals surface area contributed by atoms with Crippen LogP contribution in [0.25, 0.3) is 11.1 Å². The van der Waals surface area contributed by atoms with Gasteiger partial charge in [-0.3, -0.25) is 0 Å². The van der Waals surface area contributed by atoms with Crippen LogP contribution in [0.5, 0.6) is 11.5 Å². The molecule has 144 valence electrons. The highest BCUT2D eigenvalue weighted by Gasteiger charge is 2.20. The fourth-order valence-corrected chi connectivity index (χ4v) is 3.21. The molecule has 0 aromatic heterocycles. The minimum absolute atomic E-state index is 0.0827. The van der Waals surface area contributed by atoms with E-state index in [4.69, 9.17) is 14.2 Å². The maximum atomic E-state index is 14.2. The summed E-state index contributed by atoms with van der Waals surface area (Å²) < 4.78 is 44.5. The van der Waals surface area contributed by atoms with Crippen molar-refractivity contribution in [3.63, 3.8) is 0 Å². The van der Waals surface area contributed by atoms with E-state index in [9.17, 15) is 8.78 Å². The molecule has 2 aromatic rings. The molecule has 1 saturated heterocycles. The molecule has 3 nitrogen and oxygen atoms in total. The third-order valence-electron chi connectivity index (χ3n) is 4.74. The zero-order chi connectivity index (χ0) is 19.2. The monoisotopic (exact) mass is 374 g/mol. The maximum absolute atomic E-state index is 14.2. The van der Waals surface area contributed by atoms with Crippen molar-refractivity contribution in [3.8, 4) is 22.6 Å². The Bertz CT molecular complexity index is 779. The molecule has 2 atom stereocenters. The molecule has 2 unspecified atom stereocenters. The summed E-state index contributed by atoms with van der Waals surface area (Å²) >= 11 is 0. The van der Waals surface area contributed by atoms with Gasteiger partial charge in [0.25, 0.3) is 0 Å². The highest BCUT2D eigenvalue weighted by molar-refractivity contribution is 5.66. The van der Waals surface area contributed by atoms with Crippen molar-refractivity contribution < 1.29 is 23.0 Å². The lowest BCUT2D eigenvalue weighted by atomic mass is 9.98. The van der Waals surface area contributed by atoms with Crippen LogP contribution >= 0.6 is 0 Å². The summed E-state index contributed by atoms with van der Waals surface area (Å²) in [4.78, 5) is 0. The average Bonchev–Trinajstić information content (AvgIpc) is 2.70. The smallest absolute Gasteiger partial charge is 0.201 e. The number of rotatable bonds is 6. The summed E-state index contributed by atoms with van der Waals surface area (Å²) in [5.41, 5.74) is 0.759. The predicted octanol–water partition coefficient (Wildman–Crippen LogP) is 5.39. The van der Waals surface area contributed by atoms with E-state index in [-0.39, 0.29) is 17.4 Å². The van der Waals surface area contributed by atoms with Crippen molar-refractivity contribution in [3.05, 3.63) is 60.2 Å². The molecule has 0 amide bonds.